The topological polar surface area (TPSA) is 77.6 Å². The van der Waals surface area contributed by atoms with E-state index in [1.54, 1.807) is 0 Å². The van der Waals surface area contributed by atoms with E-state index in [1.165, 1.54) is 6.42 Å². The predicted molar refractivity (Wildman–Crippen MR) is 125 cm³/mol. The highest BCUT2D eigenvalue weighted by molar-refractivity contribution is 6.33. The average Bonchev–Trinajstić information content (AvgIpc) is 3.43. The number of rotatable bonds is 4. The minimum atomic E-state index is -0.288. The molecule has 1 fully saturated rings. The smallest absolute Gasteiger partial charge is 0.273 e. The molecule has 0 atom stereocenters. The Morgan fingerprint density at radius 1 is 1.12 bits per heavy atom. The summed E-state index contributed by atoms with van der Waals surface area (Å²) in [6.07, 6.45) is 6.65. The Morgan fingerprint density at radius 3 is 2.69 bits per heavy atom. The number of halogens is 1. The first-order valence-electron chi connectivity index (χ1n) is 11.4. The number of fused-ring (bicyclic) bond motifs is 1. The van der Waals surface area contributed by atoms with Gasteiger partial charge in [-0.1, -0.05) is 18.0 Å². The van der Waals surface area contributed by atoms with Crippen LogP contribution in [0.3, 0.4) is 0 Å². The maximum absolute atomic E-state index is 13.3. The lowest BCUT2D eigenvalue weighted by Gasteiger charge is -2.22. The third-order valence-corrected chi connectivity index (χ3v) is 6.50. The maximum atomic E-state index is 13.3. The van der Waals surface area contributed by atoms with Crippen molar-refractivity contribution in [2.45, 2.75) is 77.3 Å². The Hall–Kier alpha value is -2.67. The molecule has 3 heterocycles. The molecule has 1 aliphatic carbocycles. The summed E-state index contributed by atoms with van der Waals surface area (Å²) in [5.41, 5.74) is 2.76. The van der Waals surface area contributed by atoms with Gasteiger partial charge in [0.05, 0.1) is 16.3 Å². The van der Waals surface area contributed by atoms with Crippen LogP contribution < -0.4 is 5.32 Å². The number of amides is 1. The van der Waals surface area contributed by atoms with Crippen molar-refractivity contribution in [1.29, 1.82) is 0 Å². The second-order valence-corrected chi connectivity index (χ2v) is 10.3. The van der Waals surface area contributed by atoms with Gasteiger partial charge in [0.25, 0.3) is 5.91 Å². The second kappa shape index (κ2) is 8.03. The normalized spacial score (nSPS) is 16.5. The summed E-state index contributed by atoms with van der Waals surface area (Å²) in [5, 5.41) is 17.2. The van der Waals surface area contributed by atoms with E-state index in [0.717, 1.165) is 61.6 Å². The number of carbonyl (C=O) groups excluding carboxylic acids is 1. The molecule has 0 radical (unpaired) electrons. The molecule has 0 spiro atoms. The number of aromatic nitrogens is 5. The fourth-order valence-corrected chi connectivity index (χ4v) is 4.51. The number of hydrogen-bond acceptors (Lipinski definition) is 4. The standard InChI is InChI=1S/C24H29ClN6O/c1-24(2,3)31-20(14-19(29-31)15-8-9-15)23(32)26-16-10-11-18(25)17(13-16)22-28-27-21-7-5-4-6-12-30(21)22/h10-11,13-15H,4-9,12H2,1-3H3,(H,26,32). The van der Waals surface area contributed by atoms with Crippen molar-refractivity contribution in [2.24, 2.45) is 0 Å². The molecule has 168 valence electrons. The first-order chi connectivity index (χ1) is 15.3. The highest BCUT2D eigenvalue weighted by atomic mass is 35.5. The molecule has 8 heteroatoms. The summed E-state index contributed by atoms with van der Waals surface area (Å²) in [5.74, 6) is 2.08. The van der Waals surface area contributed by atoms with Gasteiger partial charge in [-0.2, -0.15) is 5.10 Å². The highest BCUT2D eigenvalue weighted by Gasteiger charge is 2.31. The van der Waals surface area contributed by atoms with E-state index in [2.05, 4.69) is 40.9 Å². The van der Waals surface area contributed by atoms with E-state index in [0.29, 0.717) is 22.3 Å². The third-order valence-electron chi connectivity index (χ3n) is 6.17. The highest BCUT2D eigenvalue weighted by Crippen LogP contribution is 2.40. The van der Waals surface area contributed by atoms with Crippen molar-refractivity contribution < 1.29 is 4.79 Å². The monoisotopic (exact) mass is 452 g/mol. The van der Waals surface area contributed by atoms with Crippen molar-refractivity contribution in [3.63, 3.8) is 0 Å². The summed E-state index contributed by atoms with van der Waals surface area (Å²) in [7, 11) is 0. The van der Waals surface area contributed by atoms with Gasteiger partial charge >= 0.3 is 0 Å². The van der Waals surface area contributed by atoms with Crippen LogP contribution in [0.15, 0.2) is 24.3 Å². The van der Waals surface area contributed by atoms with Gasteiger partial charge in [-0.15, -0.1) is 10.2 Å². The second-order valence-electron chi connectivity index (χ2n) is 9.86. The first-order valence-corrected chi connectivity index (χ1v) is 11.8. The maximum Gasteiger partial charge on any atom is 0.273 e. The van der Waals surface area contributed by atoms with Crippen LogP contribution in [0.1, 0.15) is 80.8 Å². The Bertz CT molecular complexity index is 1170. The minimum absolute atomic E-state index is 0.173. The van der Waals surface area contributed by atoms with E-state index in [-0.39, 0.29) is 11.4 Å². The van der Waals surface area contributed by atoms with Crippen LogP contribution in [0.5, 0.6) is 0 Å². The van der Waals surface area contributed by atoms with E-state index in [1.807, 2.05) is 28.9 Å². The number of nitrogens with zero attached hydrogens (tertiary/aromatic N) is 5. The molecule has 2 aliphatic rings. The van der Waals surface area contributed by atoms with Gasteiger partial charge in [0.2, 0.25) is 0 Å². The lowest BCUT2D eigenvalue weighted by Crippen LogP contribution is -2.29. The van der Waals surface area contributed by atoms with E-state index in [4.69, 9.17) is 16.7 Å². The van der Waals surface area contributed by atoms with Crippen LogP contribution in [-0.4, -0.2) is 30.5 Å². The minimum Gasteiger partial charge on any atom is -0.321 e. The Balaban J connectivity index is 1.45. The van der Waals surface area contributed by atoms with Crippen LogP contribution in [0.25, 0.3) is 11.4 Å². The zero-order chi connectivity index (χ0) is 22.5. The lowest BCUT2D eigenvalue weighted by molar-refractivity contribution is 0.100. The molecular weight excluding hydrogens is 424 g/mol. The lowest BCUT2D eigenvalue weighted by atomic mass is 10.1. The average molecular weight is 453 g/mol. The van der Waals surface area contributed by atoms with Crippen molar-refractivity contribution in [3.05, 3.63) is 46.5 Å². The summed E-state index contributed by atoms with van der Waals surface area (Å²) in [6, 6.07) is 7.46. The number of aryl methyl sites for hydroxylation is 1. The van der Waals surface area contributed by atoms with Crippen LogP contribution in [0.2, 0.25) is 5.02 Å². The molecule has 7 nitrogen and oxygen atoms in total. The molecule has 1 aromatic carbocycles. The molecular formula is C24H29ClN6O. The Morgan fingerprint density at radius 2 is 1.94 bits per heavy atom. The largest absolute Gasteiger partial charge is 0.321 e. The molecule has 5 rings (SSSR count). The van der Waals surface area contributed by atoms with Crippen molar-refractivity contribution in [1.82, 2.24) is 24.5 Å². The molecule has 1 N–H and O–H groups in total. The van der Waals surface area contributed by atoms with Crippen molar-refractivity contribution in [2.75, 3.05) is 5.32 Å². The number of benzene rings is 1. The fourth-order valence-electron chi connectivity index (χ4n) is 4.30. The molecule has 0 bridgehead atoms. The molecule has 0 saturated heterocycles. The van der Waals surface area contributed by atoms with E-state index in [9.17, 15) is 4.79 Å². The van der Waals surface area contributed by atoms with Gasteiger partial charge < -0.3 is 9.88 Å². The summed E-state index contributed by atoms with van der Waals surface area (Å²) in [6.45, 7) is 7.07. The van der Waals surface area contributed by atoms with Crippen LogP contribution >= 0.6 is 11.6 Å². The van der Waals surface area contributed by atoms with E-state index < -0.39 is 0 Å². The van der Waals surface area contributed by atoms with Gasteiger partial charge in [-0.25, -0.2) is 0 Å². The first kappa shape index (κ1) is 21.2. The fraction of sp³-hybridized carbons (Fsp3) is 0.500. The Labute approximate surface area is 193 Å². The molecule has 0 unspecified atom stereocenters. The number of nitrogens with one attached hydrogen (secondary N) is 1. The zero-order valence-electron chi connectivity index (χ0n) is 18.9. The molecule has 3 aromatic rings. The molecule has 2 aromatic heterocycles. The van der Waals surface area contributed by atoms with Crippen molar-refractivity contribution in [3.8, 4) is 11.4 Å². The quantitative estimate of drug-likeness (QED) is 0.574. The van der Waals surface area contributed by atoms with Gasteiger partial charge in [0.15, 0.2) is 5.82 Å². The van der Waals surface area contributed by atoms with E-state index >= 15 is 0 Å². The van der Waals surface area contributed by atoms with Gasteiger partial charge in [0.1, 0.15) is 11.5 Å². The number of hydrogen-bond donors (Lipinski definition) is 1. The summed E-state index contributed by atoms with van der Waals surface area (Å²) in [4.78, 5) is 13.3. The number of anilines is 1. The van der Waals surface area contributed by atoms with Crippen LogP contribution in [-0.2, 0) is 18.5 Å². The summed E-state index contributed by atoms with van der Waals surface area (Å²) < 4.78 is 4.00. The zero-order valence-corrected chi connectivity index (χ0v) is 19.6. The third kappa shape index (κ3) is 4.06. The van der Waals surface area contributed by atoms with Crippen LogP contribution in [0.4, 0.5) is 5.69 Å². The van der Waals surface area contributed by atoms with Crippen LogP contribution in [0, 0.1) is 0 Å². The molecule has 1 saturated carbocycles. The predicted octanol–water partition coefficient (Wildman–Crippen LogP) is 5.41. The summed E-state index contributed by atoms with van der Waals surface area (Å²) >= 11 is 6.55. The SMILES string of the molecule is CC(C)(C)n1nc(C2CC2)cc1C(=O)Nc1ccc(Cl)c(-c2nnc3n2CCCCC3)c1. The number of carbonyl (C=O) groups is 1. The molecule has 32 heavy (non-hydrogen) atoms. The van der Waals surface area contributed by atoms with Gasteiger partial charge in [0, 0.05) is 30.1 Å². The molecule has 1 aliphatic heterocycles. The molecule has 1 amide bonds. The van der Waals surface area contributed by atoms with Crippen molar-refractivity contribution >= 4 is 23.2 Å². The Kier molecular flexibility index (Phi) is 5.32. The van der Waals surface area contributed by atoms with Gasteiger partial charge in [-0.05, 0) is 70.7 Å². The van der Waals surface area contributed by atoms with Gasteiger partial charge in [-0.3, -0.25) is 9.48 Å².